The van der Waals surface area contributed by atoms with E-state index < -0.39 is 0 Å². The molecule has 6 heteroatoms. The van der Waals surface area contributed by atoms with Gasteiger partial charge < -0.3 is 10.6 Å². The molecule has 0 atom stereocenters. The Morgan fingerprint density at radius 2 is 1.17 bits per heavy atom. The van der Waals surface area contributed by atoms with Gasteiger partial charge in [0.2, 0.25) is 11.8 Å². The van der Waals surface area contributed by atoms with Crippen LogP contribution >= 0.6 is 11.3 Å². The normalized spacial score (nSPS) is 42.5. The molecule has 0 spiro atoms. The highest BCUT2D eigenvalue weighted by atomic mass is 32.1. The van der Waals surface area contributed by atoms with Gasteiger partial charge in [0.25, 0.3) is 0 Å². The molecule has 8 saturated carbocycles. The van der Waals surface area contributed by atoms with Gasteiger partial charge in [-0.15, -0.1) is 0 Å². The molecule has 8 aliphatic rings. The van der Waals surface area contributed by atoms with Crippen molar-refractivity contribution in [3.8, 4) is 0 Å². The maximum atomic E-state index is 13.5. The summed E-state index contributed by atoms with van der Waals surface area (Å²) in [5, 5.41) is 7.20. The fraction of sp³-hybridized carbons (Fsp3) is 0.690. The number of anilines is 2. The van der Waals surface area contributed by atoms with Crippen molar-refractivity contribution in [2.24, 2.45) is 46.3 Å². The summed E-state index contributed by atoms with van der Waals surface area (Å²) in [6.07, 6.45) is 14.5. The van der Waals surface area contributed by atoms with Crippen LogP contribution in [0.5, 0.6) is 0 Å². The Morgan fingerprint density at radius 1 is 0.714 bits per heavy atom. The number of rotatable bonds is 4. The molecule has 5 nitrogen and oxygen atoms in total. The number of nitrogens with zero attached hydrogens (tertiary/aromatic N) is 1. The molecule has 8 aliphatic carbocycles. The maximum absolute atomic E-state index is 13.5. The molecule has 8 fully saturated rings. The first-order valence-electron chi connectivity index (χ1n) is 14.0. The van der Waals surface area contributed by atoms with E-state index in [0.29, 0.717) is 5.13 Å². The van der Waals surface area contributed by atoms with Crippen LogP contribution in [0.25, 0.3) is 10.2 Å². The Balaban J connectivity index is 0.995. The lowest BCUT2D eigenvalue weighted by Crippen LogP contribution is -2.51. The number of benzene rings is 1. The molecule has 2 aromatic rings. The number of aromatic nitrogens is 1. The summed E-state index contributed by atoms with van der Waals surface area (Å²) in [5.41, 5.74) is 1.45. The van der Waals surface area contributed by atoms with Gasteiger partial charge in [-0.1, -0.05) is 11.3 Å². The van der Waals surface area contributed by atoms with E-state index >= 15 is 0 Å². The molecule has 0 saturated heterocycles. The van der Waals surface area contributed by atoms with E-state index in [1.807, 2.05) is 18.2 Å². The van der Waals surface area contributed by atoms with Crippen molar-refractivity contribution in [3.63, 3.8) is 0 Å². The molecule has 1 aromatic heterocycles. The highest BCUT2D eigenvalue weighted by Crippen LogP contribution is 2.61. The van der Waals surface area contributed by atoms with Gasteiger partial charge in [-0.25, -0.2) is 4.98 Å². The Hall–Kier alpha value is -1.95. The number of fused-ring (bicyclic) bond motifs is 1. The van der Waals surface area contributed by atoms with E-state index in [9.17, 15) is 9.59 Å². The number of hydrogen-bond acceptors (Lipinski definition) is 4. The number of hydrogen-bond donors (Lipinski definition) is 2. The SMILES string of the molecule is O=C(Nc1ccc2nc(NC(=O)C34CC5CC(CC(C5)C3)C4)sc2c1)C12CC3CC(CC(C3)C1)C2. The third-order valence-corrected chi connectivity index (χ3v) is 11.8. The molecule has 0 unspecified atom stereocenters. The zero-order chi connectivity index (χ0) is 23.4. The summed E-state index contributed by atoms with van der Waals surface area (Å²) in [5.74, 6) is 4.97. The summed E-state index contributed by atoms with van der Waals surface area (Å²) in [6.45, 7) is 0. The van der Waals surface area contributed by atoms with E-state index in [4.69, 9.17) is 4.98 Å². The largest absolute Gasteiger partial charge is 0.326 e. The second-order valence-electron chi connectivity index (χ2n) is 13.5. The van der Waals surface area contributed by atoms with Crippen LogP contribution in [-0.4, -0.2) is 16.8 Å². The average molecular weight is 490 g/mol. The van der Waals surface area contributed by atoms with Crippen molar-refractivity contribution in [1.82, 2.24) is 4.98 Å². The van der Waals surface area contributed by atoms with E-state index in [1.165, 1.54) is 49.9 Å². The molecule has 10 rings (SSSR count). The minimum absolute atomic E-state index is 0.144. The molecule has 8 bridgehead atoms. The van der Waals surface area contributed by atoms with Crippen LogP contribution in [0.15, 0.2) is 18.2 Å². The first-order chi connectivity index (χ1) is 16.9. The zero-order valence-electron chi connectivity index (χ0n) is 20.4. The summed E-state index contributed by atoms with van der Waals surface area (Å²) in [4.78, 5) is 31.7. The molecule has 184 valence electrons. The highest BCUT2D eigenvalue weighted by Gasteiger charge is 2.55. The highest BCUT2D eigenvalue weighted by molar-refractivity contribution is 7.22. The topological polar surface area (TPSA) is 71.1 Å². The van der Waals surface area contributed by atoms with Gasteiger partial charge in [0.05, 0.1) is 21.0 Å². The number of thiazole rings is 1. The summed E-state index contributed by atoms with van der Waals surface area (Å²) in [6, 6.07) is 6.01. The minimum Gasteiger partial charge on any atom is -0.326 e. The smallest absolute Gasteiger partial charge is 0.232 e. The molecule has 1 heterocycles. The number of carbonyl (C=O) groups is 2. The van der Waals surface area contributed by atoms with E-state index in [0.717, 1.165) is 89.9 Å². The summed E-state index contributed by atoms with van der Waals surface area (Å²) >= 11 is 1.54. The lowest BCUT2D eigenvalue weighted by Gasteiger charge is -2.55. The zero-order valence-corrected chi connectivity index (χ0v) is 21.2. The fourth-order valence-electron chi connectivity index (χ4n) is 10.3. The van der Waals surface area contributed by atoms with Crippen LogP contribution in [0.1, 0.15) is 77.0 Å². The monoisotopic (exact) mass is 489 g/mol. The first kappa shape index (κ1) is 21.2. The van der Waals surface area contributed by atoms with Crippen molar-refractivity contribution >= 4 is 44.2 Å². The Kier molecular flexibility index (Phi) is 4.42. The molecule has 0 aliphatic heterocycles. The predicted molar refractivity (Wildman–Crippen MR) is 138 cm³/mol. The molecule has 2 N–H and O–H groups in total. The first-order valence-corrected chi connectivity index (χ1v) is 14.8. The standard InChI is InChI=1S/C29H35N3O2S/c33-25(28-10-16-3-17(11-28)5-18(4-16)12-28)30-22-1-2-23-24(9-22)35-27(31-23)32-26(34)29-13-19-6-20(14-29)8-21(7-19)15-29/h1-2,9,16-21H,3-8,10-15H2,(H,30,33)(H,31,32,34). The maximum Gasteiger partial charge on any atom is 0.232 e. The van der Waals surface area contributed by atoms with Crippen LogP contribution in [0.4, 0.5) is 10.8 Å². The van der Waals surface area contributed by atoms with Gasteiger partial charge in [0.1, 0.15) is 0 Å². The molecule has 0 radical (unpaired) electrons. The minimum atomic E-state index is -0.163. The Bertz CT molecular complexity index is 1110. The molecule has 35 heavy (non-hydrogen) atoms. The average Bonchev–Trinajstić information content (AvgIpc) is 3.19. The van der Waals surface area contributed by atoms with Gasteiger partial charge in [-0.3, -0.25) is 9.59 Å². The van der Waals surface area contributed by atoms with Crippen LogP contribution in [0, 0.1) is 46.3 Å². The Morgan fingerprint density at radius 3 is 1.66 bits per heavy atom. The van der Waals surface area contributed by atoms with Crippen LogP contribution in [0.3, 0.4) is 0 Å². The van der Waals surface area contributed by atoms with Gasteiger partial charge >= 0.3 is 0 Å². The third-order valence-electron chi connectivity index (χ3n) is 10.9. The van der Waals surface area contributed by atoms with Crippen LogP contribution in [-0.2, 0) is 9.59 Å². The summed E-state index contributed by atoms with van der Waals surface area (Å²) in [7, 11) is 0. The molecular weight excluding hydrogens is 454 g/mol. The lowest BCUT2D eigenvalue weighted by molar-refractivity contribution is -0.141. The van der Waals surface area contributed by atoms with Gasteiger partial charge in [-0.2, -0.15) is 0 Å². The Labute approximate surface area is 210 Å². The predicted octanol–water partition coefficient (Wildman–Crippen LogP) is 6.61. The second-order valence-corrected chi connectivity index (χ2v) is 14.5. The summed E-state index contributed by atoms with van der Waals surface area (Å²) < 4.78 is 1.02. The second kappa shape index (κ2) is 7.30. The van der Waals surface area contributed by atoms with E-state index in [-0.39, 0.29) is 22.6 Å². The third kappa shape index (κ3) is 3.34. The number of amides is 2. The van der Waals surface area contributed by atoms with E-state index in [2.05, 4.69) is 10.6 Å². The quantitative estimate of drug-likeness (QED) is 0.508. The van der Waals surface area contributed by atoms with Crippen molar-refractivity contribution in [2.75, 3.05) is 10.6 Å². The van der Waals surface area contributed by atoms with Crippen molar-refractivity contribution in [2.45, 2.75) is 77.0 Å². The van der Waals surface area contributed by atoms with Gasteiger partial charge in [-0.05, 0) is 131 Å². The molecular formula is C29H35N3O2S. The van der Waals surface area contributed by atoms with Crippen LogP contribution in [0.2, 0.25) is 0 Å². The molecule has 2 amide bonds. The van der Waals surface area contributed by atoms with Crippen molar-refractivity contribution < 1.29 is 9.59 Å². The van der Waals surface area contributed by atoms with Crippen molar-refractivity contribution in [3.05, 3.63) is 18.2 Å². The fourth-order valence-corrected chi connectivity index (χ4v) is 11.2. The number of carbonyl (C=O) groups excluding carboxylic acids is 2. The van der Waals surface area contributed by atoms with Crippen molar-refractivity contribution in [1.29, 1.82) is 0 Å². The number of nitrogens with one attached hydrogen (secondary N) is 2. The van der Waals surface area contributed by atoms with E-state index in [1.54, 1.807) is 0 Å². The van der Waals surface area contributed by atoms with Crippen LogP contribution < -0.4 is 10.6 Å². The molecule has 1 aromatic carbocycles. The van der Waals surface area contributed by atoms with Gasteiger partial charge in [0, 0.05) is 5.69 Å². The van der Waals surface area contributed by atoms with Gasteiger partial charge in [0.15, 0.2) is 5.13 Å². The lowest BCUT2D eigenvalue weighted by atomic mass is 9.49.